The van der Waals surface area contributed by atoms with Crippen molar-refractivity contribution in [3.63, 3.8) is 0 Å². The maximum Gasteiger partial charge on any atom is 0.327 e. The Morgan fingerprint density at radius 1 is 1.41 bits per heavy atom. The van der Waals surface area contributed by atoms with Crippen LogP contribution in [0, 0.1) is 5.92 Å². The third-order valence-electron chi connectivity index (χ3n) is 3.43. The lowest BCUT2D eigenvalue weighted by atomic mass is 9.93. The number of rotatable bonds is 8. The van der Waals surface area contributed by atoms with Crippen molar-refractivity contribution in [1.82, 2.24) is 4.90 Å². The van der Waals surface area contributed by atoms with Crippen LogP contribution in [0.1, 0.15) is 40.0 Å². The van der Waals surface area contributed by atoms with Crippen molar-refractivity contribution in [3.8, 4) is 0 Å². The van der Waals surface area contributed by atoms with Gasteiger partial charge >= 0.3 is 5.97 Å². The summed E-state index contributed by atoms with van der Waals surface area (Å²) in [5, 5.41) is 0. The zero-order chi connectivity index (χ0) is 12.9. The van der Waals surface area contributed by atoms with Crippen LogP contribution in [-0.2, 0) is 9.53 Å². The van der Waals surface area contributed by atoms with Crippen LogP contribution in [0.3, 0.4) is 0 Å². The molecule has 0 heterocycles. The molecule has 1 unspecified atom stereocenters. The fourth-order valence-corrected chi connectivity index (χ4v) is 2.26. The van der Waals surface area contributed by atoms with Gasteiger partial charge in [0.05, 0.1) is 6.61 Å². The van der Waals surface area contributed by atoms with E-state index in [1.165, 1.54) is 0 Å². The molecule has 1 saturated carbocycles. The van der Waals surface area contributed by atoms with Crippen LogP contribution in [0.25, 0.3) is 0 Å². The van der Waals surface area contributed by atoms with Gasteiger partial charge in [-0.3, -0.25) is 0 Å². The van der Waals surface area contributed by atoms with E-state index in [0.717, 1.165) is 32.4 Å². The predicted octanol–water partition coefficient (Wildman–Crippen LogP) is 1.39. The Hall–Kier alpha value is -0.610. The second kappa shape index (κ2) is 6.36. The van der Waals surface area contributed by atoms with Crippen molar-refractivity contribution >= 4 is 5.97 Å². The van der Waals surface area contributed by atoms with Gasteiger partial charge in [-0.15, -0.1) is 0 Å². The molecule has 0 amide bonds. The summed E-state index contributed by atoms with van der Waals surface area (Å²) < 4.78 is 5.14. The van der Waals surface area contributed by atoms with Crippen molar-refractivity contribution in [3.05, 3.63) is 0 Å². The summed E-state index contributed by atoms with van der Waals surface area (Å²) in [6.45, 7) is 9.02. The Labute approximate surface area is 104 Å². The van der Waals surface area contributed by atoms with Crippen molar-refractivity contribution < 1.29 is 9.53 Å². The minimum Gasteiger partial charge on any atom is -0.465 e. The Morgan fingerprint density at radius 3 is 2.47 bits per heavy atom. The molecule has 1 aliphatic carbocycles. The van der Waals surface area contributed by atoms with Gasteiger partial charge < -0.3 is 15.4 Å². The van der Waals surface area contributed by atoms with Gasteiger partial charge in [-0.05, 0) is 45.2 Å². The number of esters is 1. The quantitative estimate of drug-likeness (QED) is 0.654. The number of carbonyl (C=O) groups excluding carboxylic acids is 1. The molecule has 0 aromatic heterocycles. The Kier molecular flexibility index (Phi) is 5.40. The molecule has 100 valence electrons. The number of ether oxygens (including phenoxy) is 1. The first-order valence-corrected chi connectivity index (χ1v) is 6.76. The van der Waals surface area contributed by atoms with Crippen LogP contribution in [0.2, 0.25) is 0 Å². The smallest absolute Gasteiger partial charge is 0.327 e. The van der Waals surface area contributed by atoms with E-state index in [1.54, 1.807) is 0 Å². The molecule has 0 aliphatic heterocycles. The van der Waals surface area contributed by atoms with E-state index in [-0.39, 0.29) is 5.97 Å². The van der Waals surface area contributed by atoms with Crippen LogP contribution in [0.15, 0.2) is 0 Å². The van der Waals surface area contributed by atoms with E-state index < -0.39 is 5.54 Å². The van der Waals surface area contributed by atoms with Gasteiger partial charge in [0.15, 0.2) is 0 Å². The average molecular weight is 242 g/mol. The summed E-state index contributed by atoms with van der Waals surface area (Å²) in [5.74, 6) is 0.0875. The molecule has 4 nitrogen and oxygen atoms in total. The Balaban J connectivity index is 2.66. The fraction of sp³-hybridized carbons (Fsp3) is 0.923. The molecule has 1 aliphatic rings. The lowest BCUT2D eigenvalue weighted by Gasteiger charge is -2.33. The van der Waals surface area contributed by atoms with Crippen LogP contribution >= 0.6 is 0 Å². The summed E-state index contributed by atoms with van der Waals surface area (Å²) in [7, 11) is 0. The lowest BCUT2D eigenvalue weighted by molar-refractivity contribution is -0.151. The largest absolute Gasteiger partial charge is 0.465 e. The number of likely N-dealkylation sites (N-methyl/N-ethyl adjacent to an activating group) is 1. The second-order valence-corrected chi connectivity index (χ2v) is 4.90. The predicted molar refractivity (Wildman–Crippen MR) is 68.7 cm³/mol. The maximum absolute atomic E-state index is 12.0. The topological polar surface area (TPSA) is 55.6 Å². The van der Waals surface area contributed by atoms with Crippen LogP contribution in [0.4, 0.5) is 0 Å². The maximum atomic E-state index is 12.0. The summed E-state index contributed by atoms with van der Waals surface area (Å²) in [6, 6.07) is 0. The fourth-order valence-electron chi connectivity index (χ4n) is 2.26. The number of nitrogens with two attached hydrogens (primary N) is 1. The molecule has 0 aromatic rings. The van der Waals surface area contributed by atoms with Gasteiger partial charge in [0.2, 0.25) is 0 Å². The molecule has 0 spiro atoms. The van der Waals surface area contributed by atoms with Gasteiger partial charge in [0, 0.05) is 6.54 Å². The molecular weight excluding hydrogens is 216 g/mol. The molecule has 1 rings (SSSR count). The van der Waals surface area contributed by atoms with Gasteiger partial charge in [-0.25, -0.2) is 4.79 Å². The summed E-state index contributed by atoms with van der Waals surface area (Å²) in [5.41, 5.74) is 5.53. The number of hydrogen-bond acceptors (Lipinski definition) is 4. The van der Waals surface area contributed by atoms with Crippen LogP contribution in [0.5, 0.6) is 0 Å². The highest BCUT2D eigenvalue weighted by molar-refractivity contribution is 5.82. The summed E-state index contributed by atoms with van der Waals surface area (Å²) in [6.07, 6.45) is 3.19. The molecular formula is C13H26N2O2. The first-order valence-electron chi connectivity index (χ1n) is 6.76. The first-order chi connectivity index (χ1) is 8.08. The average Bonchev–Trinajstić information content (AvgIpc) is 3.12. The number of nitrogens with zero attached hydrogens (tertiary/aromatic N) is 1. The van der Waals surface area contributed by atoms with E-state index >= 15 is 0 Å². The number of carbonyl (C=O) groups is 1. The van der Waals surface area contributed by atoms with E-state index in [4.69, 9.17) is 10.5 Å². The molecule has 4 heteroatoms. The third kappa shape index (κ3) is 3.68. The SMILES string of the molecule is CCCN(CC)CC(N)(C(=O)OCC)C1CC1. The van der Waals surface area contributed by atoms with Gasteiger partial charge in [0.25, 0.3) is 0 Å². The summed E-state index contributed by atoms with van der Waals surface area (Å²) >= 11 is 0. The van der Waals surface area contributed by atoms with Gasteiger partial charge in [0.1, 0.15) is 5.54 Å². The minimum absolute atomic E-state index is 0.225. The van der Waals surface area contributed by atoms with Crippen LogP contribution in [-0.4, -0.2) is 42.6 Å². The molecule has 1 fully saturated rings. The molecule has 17 heavy (non-hydrogen) atoms. The highest BCUT2D eigenvalue weighted by Crippen LogP contribution is 2.39. The van der Waals surface area contributed by atoms with Gasteiger partial charge in [-0.2, -0.15) is 0 Å². The Bertz CT molecular complexity index is 254. The standard InChI is InChI=1S/C13H26N2O2/c1-4-9-15(5-2)10-13(14,11-7-8-11)12(16)17-6-3/h11H,4-10,14H2,1-3H3. The van der Waals surface area contributed by atoms with Crippen molar-refractivity contribution in [2.75, 3.05) is 26.2 Å². The Morgan fingerprint density at radius 2 is 2.06 bits per heavy atom. The van der Waals surface area contributed by atoms with Crippen molar-refractivity contribution in [2.24, 2.45) is 11.7 Å². The highest BCUT2D eigenvalue weighted by atomic mass is 16.5. The zero-order valence-electron chi connectivity index (χ0n) is 11.4. The van der Waals surface area contributed by atoms with E-state index in [2.05, 4.69) is 18.7 Å². The highest BCUT2D eigenvalue weighted by Gasteiger charge is 2.49. The van der Waals surface area contributed by atoms with Crippen LogP contribution < -0.4 is 5.73 Å². The third-order valence-corrected chi connectivity index (χ3v) is 3.43. The normalized spacial score (nSPS) is 19.1. The first kappa shape index (κ1) is 14.5. The molecule has 0 saturated heterocycles. The molecule has 1 atom stereocenters. The number of hydrogen-bond donors (Lipinski definition) is 1. The van der Waals surface area contributed by atoms with Crippen molar-refractivity contribution in [2.45, 2.75) is 45.6 Å². The lowest BCUT2D eigenvalue weighted by Crippen LogP contribution is -2.58. The summed E-state index contributed by atoms with van der Waals surface area (Å²) in [4.78, 5) is 14.3. The van der Waals surface area contributed by atoms with Crippen molar-refractivity contribution in [1.29, 1.82) is 0 Å². The second-order valence-electron chi connectivity index (χ2n) is 4.90. The zero-order valence-corrected chi connectivity index (χ0v) is 11.4. The van der Waals surface area contributed by atoms with E-state index in [0.29, 0.717) is 19.1 Å². The van der Waals surface area contributed by atoms with Gasteiger partial charge in [-0.1, -0.05) is 13.8 Å². The molecule has 0 bridgehead atoms. The van der Waals surface area contributed by atoms with E-state index in [1.807, 2.05) is 6.92 Å². The molecule has 0 radical (unpaired) electrons. The molecule has 2 N–H and O–H groups in total. The van der Waals surface area contributed by atoms with E-state index in [9.17, 15) is 4.79 Å². The monoisotopic (exact) mass is 242 g/mol. The molecule has 0 aromatic carbocycles. The minimum atomic E-state index is -0.790.